The molecule has 1 aliphatic heterocycles. The Kier molecular flexibility index (Phi) is 8.27. The van der Waals surface area contributed by atoms with Gasteiger partial charge in [0.1, 0.15) is 0 Å². The molecule has 1 amide bonds. The molecular formula is C24H33N5O. The van der Waals surface area contributed by atoms with Crippen LogP contribution in [0, 0.1) is 0 Å². The van der Waals surface area contributed by atoms with Crippen molar-refractivity contribution in [1.82, 2.24) is 20.4 Å². The fraction of sp³-hybridized carbons (Fsp3) is 0.417. The van der Waals surface area contributed by atoms with Crippen LogP contribution in [0.4, 0.5) is 0 Å². The molecular weight excluding hydrogens is 374 g/mol. The monoisotopic (exact) mass is 407 g/mol. The van der Waals surface area contributed by atoms with E-state index < -0.39 is 0 Å². The highest BCUT2D eigenvalue weighted by atomic mass is 16.2. The highest BCUT2D eigenvalue weighted by molar-refractivity contribution is 5.86. The number of piperidine rings is 1. The van der Waals surface area contributed by atoms with Gasteiger partial charge in [-0.25, -0.2) is 4.99 Å². The minimum atomic E-state index is 0.0295. The zero-order valence-corrected chi connectivity index (χ0v) is 18.1. The average Bonchev–Trinajstić information content (AvgIpc) is 2.78. The second-order valence-corrected chi connectivity index (χ2v) is 7.97. The van der Waals surface area contributed by atoms with Crippen LogP contribution in [0.15, 0.2) is 65.7 Å². The van der Waals surface area contributed by atoms with E-state index in [-0.39, 0.29) is 12.5 Å². The maximum absolute atomic E-state index is 12.0. The number of likely N-dealkylation sites (N-methyl/N-ethyl adjacent to an activating group) is 1. The summed E-state index contributed by atoms with van der Waals surface area (Å²) in [4.78, 5) is 20.8. The summed E-state index contributed by atoms with van der Waals surface area (Å²) in [6.45, 7) is 3.92. The van der Waals surface area contributed by atoms with Gasteiger partial charge in [0.15, 0.2) is 5.96 Å². The lowest BCUT2D eigenvalue weighted by molar-refractivity contribution is -0.127. The number of hydrogen-bond acceptors (Lipinski definition) is 3. The third kappa shape index (κ3) is 7.19. The first-order chi connectivity index (χ1) is 14.6. The zero-order chi connectivity index (χ0) is 21.2. The number of rotatable bonds is 7. The molecule has 6 heteroatoms. The van der Waals surface area contributed by atoms with Crippen LogP contribution in [0.2, 0.25) is 0 Å². The van der Waals surface area contributed by atoms with Gasteiger partial charge in [0, 0.05) is 39.8 Å². The SMILES string of the molecule is CN(C)C(=O)CNC(=NCc1ccccc1)NC1CCN(Cc2ccccc2)CC1. The number of carbonyl (C=O) groups is 1. The van der Waals surface area contributed by atoms with Crippen LogP contribution in [-0.4, -0.2) is 61.4 Å². The topological polar surface area (TPSA) is 60.0 Å². The van der Waals surface area contributed by atoms with E-state index in [1.165, 1.54) is 5.56 Å². The Morgan fingerprint density at radius 2 is 1.60 bits per heavy atom. The number of aliphatic imine (C=N–C) groups is 1. The molecule has 0 bridgehead atoms. The Balaban J connectivity index is 1.53. The van der Waals surface area contributed by atoms with Crippen molar-refractivity contribution in [2.45, 2.75) is 32.0 Å². The van der Waals surface area contributed by atoms with Gasteiger partial charge in [0.25, 0.3) is 0 Å². The number of benzene rings is 2. The first kappa shape index (κ1) is 21.8. The summed E-state index contributed by atoms with van der Waals surface area (Å²) in [5.74, 6) is 0.734. The van der Waals surface area contributed by atoms with Gasteiger partial charge < -0.3 is 15.5 Å². The number of amides is 1. The molecule has 0 unspecified atom stereocenters. The normalized spacial score (nSPS) is 15.6. The first-order valence-corrected chi connectivity index (χ1v) is 10.7. The van der Waals surface area contributed by atoms with Crippen LogP contribution in [0.1, 0.15) is 24.0 Å². The molecule has 0 aliphatic carbocycles. The van der Waals surface area contributed by atoms with Crippen LogP contribution in [-0.2, 0) is 17.9 Å². The molecule has 6 nitrogen and oxygen atoms in total. The fourth-order valence-electron chi connectivity index (χ4n) is 3.49. The number of nitrogens with one attached hydrogen (secondary N) is 2. The van der Waals surface area contributed by atoms with Crippen molar-refractivity contribution < 1.29 is 4.79 Å². The second kappa shape index (κ2) is 11.4. The van der Waals surface area contributed by atoms with E-state index in [1.54, 1.807) is 19.0 Å². The highest BCUT2D eigenvalue weighted by Gasteiger charge is 2.20. The van der Waals surface area contributed by atoms with Gasteiger partial charge in [0.2, 0.25) is 5.91 Å². The Hall–Kier alpha value is -2.86. The predicted molar refractivity (Wildman–Crippen MR) is 122 cm³/mol. The van der Waals surface area contributed by atoms with Crippen molar-refractivity contribution in [3.8, 4) is 0 Å². The van der Waals surface area contributed by atoms with E-state index in [2.05, 4.69) is 58.0 Å². The molecule has 1 fully saturated rings. The third-order valence-electron chi connectivity index (χ3n) is 5.35. The minimum Gasteiger partial charge on any atom is -0.354 e. The van der Waals surface area contributed by atoms with Gasteiger partial charge >= 0.3 is 0 Å². The molecule has 0 radical (unpaired) electrons. The van der Waals surface area contributed by atoms with Crippen LogP contribution < -0.4 is 10.6 Å². The lowest BCUT2D eigenvalue weighted by Crippen LogP contribution is -2.50. The Labute approximate surface area is 180 Å². The summed E-state index contributed by atoms with van der Waals surface area (Å²) >= 11 is 0. The summed E-state index contributed by atoms with van der Waals surface area (Å²) < 4.78 is 0. The molecule has 2 N–H and O–H groups in total. The number of nitrogens with zero attached hydrogens (tertiary/aromatic N) is 3. The molecule has 1 heterocycles. The molecule has 2 aromatic rings. The van der Waals surface area contributed by atoms with Crippen LogP contribution in [0.3, 0.4) is 0 Å². The summed E-state index contributed by atoms with van der Waals surface area (Å²) in [7, 11) is 3.53. The van der Waals surface area contributed by atoms with Crippen molar-refractivity contribution in [3.05, 3.63) is 71.8 Å². The second-order valence-electron chi connectivity index (χ2n) is 7.97. The summed E-state index contributed by atoms with van der Waals surface area (Å²) in [6.07, 6.45) is 2.11. The minimum absolute atomic E-state index is 0.0295. The molecule has 2 aromatic carbocycles. The van der Waals surface area contributed by atoms with Crippen LogP contribution in [0.25, 0.3) is 0 Å². The predicted octanol–water partition coefficient (Wildman–Crippen LogP) is 2.47. The smallest absolute Gasteiger partial charge is 0.241 e. The van der Waals surface area contributed by atoms with Gasteiger partial charge in [-0.15, -0.1) is 0 Å². The molecule has 1 saturated heterocycles. The van der Waals surface area contributed by atoms with Gasteiger partial charge in [-0.2, -0.15) is 0 Å². The maximum atomic E-state index is 12.0. The molecule has 0 atom stereocenters. The van der Waals surface area contributed by atoms with Crippen molar-refractivity contribution in [2.24, 2.45) is 4.99 Å². The maximum Gasteiger partial charge on any atom is 0.241 e. The van der Waals surface area contributed by atoms with Crippen LogP contribution in [0.5, 0.6) is 0 Å². The third-order valence-corrected chi connectivity index (χ3v) is 5.35. The Morgan fingerprint density at radius 3 is 2.20 bits per heavy atom. The van der Waals surface area contributed by atoms with Crippen molar-refractivity contribution in [1.29, 1.82) is 0 Å². The van der Waals surface area contributed by atoms with E-state index in [0.29, 0.717) is 18.5 Å². The molecule has 30 heavy (non-hydrogen) atoms. The van der Waals surface area contributed by atoms with Gasteiger partial charge in [-0.05, 0) is 24.0 Å². The number of hydrogen-bond donors (Lipinski definition) is 2. The summed E-state index contributed by atoms with van der Waals surface area (Å²) in [6, 6.07) is 21.1. The van der Waals surface area contributed by atoms with E-state index >= 15 is 0 Å². The molecule has 160 valence electrons. The van der Waals surface area contributed by atoms with Crippen LogP contribution >= 0.6 is 0 Å². The zero-order valence-electron chi connectivity index (χ0n) is 18.1. The molecule has 1 aliphatic rings. The highest BCUT2D eigenvalue weighted by Crippen LogP contribution is 2.14. The van der Waals surface area contributed by atoms with Crippen molar-refractivity contribution in [3.63, 3.8) is 0 Å². The number of likely N-dealkylation sites (tertiary alicyclic amines) is 1. The molecule has 3 rings (SSSR count). The largest absolute Gasteiger partial charge is 0.354 e. The lowest BCUT2D eigenvalue weighted by atomic mass is 10.0. The lowest BCUT2D eigenvalue weighted by Gasteiger charge is -2.33. The van der Waals surface area contributed by atoms with E-state index in [0.717, 1.165) is 38.0 Å². The molecule has 0 aromatic heterocycles. The van der Waals surface area contributed by atoms with Gasteiger partial charge in [0.05, 0.1) is 13.1 Å². The quantitative estimate of drug-likeness (QED) is 0.547. The molecule has 0 spiro atoms. The Morgan fingerprint density at radius 1 is 1.00 bits per heavy atom. The van der Waals surface area contributed by atoms with E-state index in [4.69, 9.17) is 4.99 Å². The standard InChI is InChI=1S/C24H33N5O/c1-28(2)23(30)18-26-24(25-17-20-9-5-3-6-10-20)27-22-13-15-29(16-14-22)19-21-11-7-4-8-12-21/h3-12,22H,13-19H2,1-2H3,(H2,25,26,27). The number of guanidine groups is 1. The van der Waals surface area contributed by atoms with Crippen molar-refractivity contribution in [2.75, 3.05) is 33.7 Å². The van der Waals surface area contributed by atoms with E-state index in [1.807, 2.05) is 18.2 Å². The van der Waals surface area contributed by atoms with Crippen molar-refractivity contribution >= 4 is 11.9 Å². The first-order valence-electron chi connectivity index (χ1n) is 10.7. The Bertz CT molecular complexity index is 799. The number of carbonyl (C=O) groups excluding carboxylic acids is 1. The summed E-state index contributed by atoms with van der Waals surface area (Å²) in [5, 5.41) is 6.75. The fourth-order valence-corrected chi connectivity index (χ4v) is 3.49. The van der Waals surface area contributed by atoms with E-state index in [9.17, 15) is 4.79 Å². The molecule has 0 saturated carbocycles. The average molecular weight is 408 g/mol. The van der Waals surface area contributed by atoms with Gasteiger partial charge in [-0.3, -0.25) is 9.69 Å². The summed E-state index contributed by atoms with van der Waals surface area (Å²) in [5.41, 5.74) is 2.51. The van der Waals surface area contributed by atoms with Gasteiger partial charge in [-0.1, -0.05) is 60.7 Å².